The van der Waals surface area contributed by atoms with Gasteiger partial charge in [0.2, 0.25) is 5.91 Å². The lowest BCUT2D eigenvalue weighted by Crippen LogP contribution is -2.42. The predicted molar refractivity (Wildman–Crippen MR) is 109 cm³/mol. The molecule has 0 radical (unpaired) electrons. The maximum absolute atomic E-state index is 12.7. The number of rotatable bonds is 5. The summed E-state index contributed by atoms with van der Waals surface area (Å²) in [7, 11) is -3.20. The van der Waals surface area contributed by atoms with Gasteiger partial charge >= 0.3 is 0 Å². The summed E-state index contributed by atoms with van der Waals surface area (Å²) in [5, 5.41) is -0.372. The molecule has 4 nitrogen and oxygen atoms in total. The van der Waals surface area contributed by atoms with Crippen molar-refractivity contribution in [1.82, 2.24) is 4.90 Å². The molecule has 2 aromatic carbocycles. The van der Waals surface area contributed by atoms with E-state index in [4.69, 9.17) is 0 Å². The molecule has 1 amide bonds. The topological polar surface area (TPSA) is 54.5 Å². The minimum absolute atomic E-state index is 0.0607. The second-order valence-corrected chi connectivity index (χ2v) is 9.34. The molecule has 0 spiro atoms. The molecule has 0 N–H and O–H groups in total. The Morgan fingerprint density at radius 3 is 2.30 bits per heavy atom. The van der Waals surface area contributed by atoms with Crippen molar-refractivity contribution < 1.29 is 13.2 Å². The number of carbonyl (C=O) groups is 1. The maximum atomic E-state index is 12.7. The first kappa shape index (κ1) is 19.4. The molecular weight excluding hydrogens is 358 g/mol. The number of amides is 1. The molecule has 0 aliphatic carbocycles. The predicted octanol–water partition coefficient (Wildman–Crippen LogP) is 3.61. The molecule has 3 rings (SSSR count). The summed E-state index contributed by atoms with van der Waals surface area (Å²) >= 11 is 0. The highest BCUT2D eigenvalue weighted by atomic mass is 32.2. The third-order valence-electron chi connectivity index (χ3n) is 4.97. The average Bonchev–Trinajstić information content (AvgIpc) is 2.68. The third-order valence-corrected chi connectivity index (χ3v) is 7.19. The molecule has 5 heteroatoms. The van der Waals surface area contributed by atoms with Gasteiger partial charge < -0.3 is 4.90 Å². The Bertz CT molecular complexity index is 894. The van der Waals surface area contributed by atoms with Crippen LogP contribution in [0.4, 0.5) is 0 Å². The lowest BCUT2D eigenvalue weighted by atomic mass is 10.1. The smallest absolute Gasteiger partial charge is 0.246 e. The van der Waals surface area contributed by atoms with E-state index in [1.165, 1.54) is 5.56 Å². The summed E-state index contributed by atoms with van der Waals surface area (Å²) in [6.45, 7) is 2.99. The zero-order valence-corrected chi connectivity index (χ0v) is 16.4. The van der Waals surface area contributed by atoms with Gasteiger partial charge in [0.15, 0.2) is 9.84 Å². The molecule has 0 atom stereocenters. The summed E-state index contributed by atoms with van der Waals surface area (Å²) in [4.78, 5) is 14.1. The largest absolute Gasteiger partial charge is 0.339 e. The Labute approximate surface area is 161 Å². The number of aryl methyl sites for hydroxylation is 1. The van der Waals surface area contributed by atoms with E-state index in [1.807, 2.05) is 61.5 Å². The van der Waals surface area contributed by atoms with Crippen LogP contribution in [0.2, 0.25) is 0 Å². The monoisotopic (exact) mass is 383 g/mol. The fourth-order valence-corrected chi connectivity index (χ4v) is 5.13. The molecule has 0 bridgehead atoms. The molecule has 0 saturated carbocycles. The van der Waals surface area contributed by atoms with Gasteiger partial charge in [-0.15, -0.1) is 0 Å². The number of nitrogens with zero attached hydrogens (tertiary/aromatic N) is 1. The van der Waals surface area contributed by atoms with Gasteiger partial charge in [-0.3, -0.25) is 4.79 Å². The van der Waals surface area contributed by atoms with E-state index in [9.17, 15) is 13.2 Å². The maximum Gasteiger partial charge on any atom is 0.246 e. The van der Waals surface area contributed by atoms with E-state index in [1.54, 1.807) is 17.1 Å². The van der Waals surface area contributed by atoms with Crippen LogP contribution in [-0.2, 0) is 20.4 Å². The number of piperidine rings is 1. The van der Waals surface area contributed by atoms with Crippen molar-refractivity contribution in [3.8, 4) is 0 Å². The van der Waals surface area contributed by atoms with E-state index in [-0.39, 0.29) is 16.9 Å². The first-order chi connectivity index (χ1) is 12.9. The Morgan fingerprint density at radius 1 is 1.04 bits per heavy atom. The molecule has 0 aromatic heterocycles. The van der Waals surface area contributed by atoms with Crippen LogP contribution < -0.4 is 0 Å². The third kappa shape index (κ3) is 5.30. The summed E-state index contributed by atoms with van der Waals surface area (Å²) in [6, 6.07) is 17.2. The molecule has 2 aromatic rings. The van der Waals surface area contributed by atoms with Crippen LogP contribution in [-0.4, -0.2) is 37.6 Å². The van der Waals surface area contributed by atoms with Crippen LogP contribution in [0.1, 0.15) is 29.5 Å². The summed E-state index contributed by atoms with van der Waals surface area (Å²) in [6.07, 6.45) is 4.38. The summed E-state index contributed by atoms with van der Waals surface area (Å²) in [5.74, 6) is 0.00856. The highest BCUT2D eigenvalue weighted by Crippen LogP contribution is 2.22. The van der Waals surface area contributed by atoms with Crippen LogP contribution in [0, 0.1) is 6.92 Å². The number of hydrogen-bond donors (Lipinski definition) is 0. The van der Waals surface area contributed by atoms with Crippen molar-refractivity contribution in [2.75, 3.05) is 13.1 Å². The highest BCUT2D eigenvalue weighted by Gasteiger charge is 2.31. The van der Waals surface area contributed by atoms with Gasteiger partial charge in [0.25, 0.3) is 0 Å². The van der Waals surface area contributed by atoms with Gasteiger partial charge in [0.1, 0.15) is 0 Å². The molecule has 142 valence electrons. The minimum Gasteiger partial charge on any atom is -0.339 e. The number of carbonyl (C=O) groups excluding carboxylic acids is 1. The van der Waals surface area contributed by atoms with Crippen LogP contribution in [0.5, 0.6) is 0 Å². The van der Waals surface area contributed by atoms with Gasteiger partial charge in [-0.2, -0.15) is 0 Å². The number of benzene rings is 2. The minimum atomic E-state index is -3.20. The quantitative estimate of drug-likeness (QED) is 0.741. The standard InChI is InChI=1S/C22H25NO3S/c1-18-7-9-19(10-8-18)11-12-22(24)23-15-13-21(14-16-23)27(25,26)17-20-5-3-2-4-6-20/h2-12,21H,13-17H2,1H3/b12-11+. The van der Waals surface area contributed by atoms with Gasteiger partial charge in [-0.05, 0) is 37.0 Å². The lowest BCUT2D eigenvalue weighted by Gasteiger charge is -2.31. The second-order valence-electron chi connectivity index (χ2n) is 7.06. The Balaban J connectivity index is 1.55. The van der Waals surface area contributed by atoms with Gasteiger partial charge in [-0.1, -0.05) is 60.2 Å². The Morgan fingerprint density at radius 2 is 1.67 bits per heavy atom. The Hall–Kier alpha value is -2.40. The van der Waals surface area contributed by atoms with Gasteiger partial charge in [-0.25, -0.2) is 8.42 Å². The zero-order chi connectivity index (χ0) is 19.3. The first-order valence-corrected chi connectivity index (χ1v) is 10.9. The van der Waals surface area contributed by atoms with Gasteiger partial charge in [0.05, 0.1) is 11.0 Å². The van der Waals surface area contributed by atoms with E-state index in [2.05, 4.69) is 0 Å². The van der Waals surface area contributed by atoms with Crippen LogP contribution >= 0.6 is 0 Å². The number of likely N-dealkylation sites (tertiary alicyclic amines) is 1. The molecule has 1 saturated heterocycles. The molecule has 1 aliphatic rings. The molecule has 1 aliphatic heterocycles. The molecule has 27 heavy (non-hydrogen) atoms. The Kier molecular flexibility index (Phi) is 6.11. The van der Waals surface area contributed by atoms with E-state index in [0.717, 1.165) is 11.1 Å². The van der Waals surface area contributed by atoms with Crippen molar-refractivity contribution in [2.24, 2.45) is 0 Å². The van der Waals surface area contributed by atoms with Crippen molar-refractivity contribution in [1.29, 1.82) is 0 Å². The van der Waals surface area contributed by atoms with Crippen molar-refractivity contribution in [3.05, 3.63) is 77.4 Å². The fourth-order valence-electron chi connectivity index (χ4n) is 3.31. The van der Waals surface area contributed by atoms with Crippen molar-refractivity contribution >= 4 is 21.8 Å². The number of hydrogen-bond acceptors (Lipinski definition) is 3. The van der Waals surface area contributed by atoms with E-state index in [0.29, 0.717) is 25.9 Å². The van der Waals surface area contributed by atoms with Gasteiger partial charge in [0, 0.05) is 19.2 Å². The number of sulfone groups is 1. The SMILES string of the molecule is Cc1ccc(/C=C/C(=O)N2CCC(S(=O)(=O)Cc3ccccc3)CC2)cc1. The first-order valence-electron chi connectivity index (χ1n) is 9.23. The molecule has 1 fully saturated rings. The summed E-state index contributed by atoms with van der Waals surface area (Å²) in [5.41, 5.74) is 2.98. The summed E-state index contributed by atoms with van der Waals surface area (Å²) < 4.78 is 25.3. The lowest BCUT2D eigenvalue weighted by molar-refractivity contribution is -0.126. The average molecular weight is 384 g/mol. The zero-order valence-electron chi connectivity index (χ0n) is 15.5. The van der Waals surface area contributed by atoms with Crippen molar-refractivity contribution in [3.63, 3.8) is 0 Å². The molecule has 0 unspecified atom stereocenters. The fraction of sp³-hybridized carbons (Fsp3) is 0.318. The van der Waals surface area contributed by atoms with E-state index >= 15 is 0 Å². The van der Waals surface area contributed by atoms with Crippen molar-refractivity contribution in [2.45, 2.75) is 30.8 Å². The highest BCUT2D eigenvalue weighted by molar-refractivity contribution is 7.91. The second kappa shape index (κ2) is 8.53. The molecule has 1 heterocycles. The molecular formula is C22H25NO3S. The van der Waals surface area contributed by atoms with Crippen LogP contribution in [0.25, 0.3) is 6.08 Å². The normalized spacial score (nSPS) is 16.0. The van der Waals surface area contributed by atoms with Crippen LogP contribution in [0.15, 0.2) is 60.7 Å². The van der Waals surface area contributed by atoms with Crippen LogP contribution in [0.3, 0.4) is 0 Å². The van der Waals surface area contributed by atoms with E-state index < -0.39 is 9.84 Å².